The predicted molar refractivity (Wildman–Crippen MR) is 159 cm³/mol. The van der Waals surface area contributed by atoms with Crippen LogP contribution in [0.15, 0.2) is 72.8 Å². The van der Waals surface area contributed by atoms with Crippen LogP contribution in [-0.2, 0) is 0 Å². The van der Waals surface area contributed by atoms with Gasteiger partial charge in [0.1, 0.15) is 0 Å². The molecule has 34 heavy (non-hydrogen) atoms. The maximum absolute atomic E-state index is 4.09. The maximum atomic E-state index is 4.09. The second kappa shape index (κ2) is 11.4. The van der Waals surface area contributed by atoms with Crippen molar-refractivity contribution in [1.82, 2.24) is 0 Å². The molecule has 1 aliphatic rings. The first-order valence-corrected chi connectivity index (χ1v) is 16.8. The Morgan fingerprint density at radius 1 is 1.03 bits per heavy atom. The molecule has 0 saturated heterocycles. The van der Waals surface area contributed by atoms with Crippen LogP contribution in [0.5, 0.6) is 0 Å². The van der Waals surface area contributed by atoms with Gasteiger partial charge in [0.05, 0.1) is 0 Å². The third-order valence-corrected chi connectivity index (χ3v) is 10.5. The molecule has 0 aliphatic heterocycles. The lowest BCUT2D eigenvalue weighted by atomic mass is 9.59. The van der Waals surface area contributed by atoms with Crippen molar-refractivity contribution < 1.29 is 22.6 Å². The molecule has 1 aliphatic carbocycles. The summed E-state index contributed by atoms with van der Waals surface area (Å²) in [6, 6.07) is 18.3. The number of benzene rings is 2. The van der Waals surface area contributed by atoms with Gasteiger partial charge in [0.25, 0.3) is 22.6 Å². The zero-order valence-electron chi connectivity index (χ0n) is 22.0. The molecular weight excluding hydrogens is 638 g/mol. The first-order valence-electron chi connectivity index (χ1n) is 12.3. The molecule has 0 saturated carbocycles. The van der Waals surface area contributed by atoms with Crippen LogP contribution in [0, 0.1) is 10.8 Å². The van der Waals surface area contributed by atoms with Crippen LogP contribution in [0.25, 0.3) is 11.1 Å². The molecule has 0 amide bonds. The standard InChI is InChI=1S/C32H41I2/c1-22(2)24-12-16-26(17-13-24)28-20-21-31(4,5)30(32(28,6)7)11-9-10-29(34-8)27-18-14-25(15-19-27)23(3)33/h11-20,23,33H,1,9-10,21H2,2-8H3/q+1/b30-11+/t23-/m0/s1. The minimum Gasteiger partial charge on any atom is -0.122 e. The Labute approximate surface area is 231 Å². The van der Waals surface area contributed by atoms with Crippen molar-refractivity contribution in [3.05, 3.63) is 95.1 Å². The van der Waals surface area contributed by atoms with Gasteiger partial charge in [-0.2, -0.15) is 0 Å². The van der Waals surface area contributed by atoms with E-state index in [1.54, 1.807) is 9.08 Å². The van der Waals surface area contributed by atoms with E-state index in [2.05, 4.69) is 136 Å². The van der Waals surface area contributed by atoms with Crippen LogP contribution in [0.3, 0.4) is 0 Å². The van der Waals surface area contributed by atoms with E-state index in [4.69, 9.17) is 0 Å². The number of alkyl halides is 2. The first kappa shape index (κ1) is 27.6. The molecular formula is C32H41I2+. The number of halogens is 2. The van der Waals surface area contributed by atoms with Crippen LogP contribution in [0.1, 0.15) is 87.0 Å². The van der Waals surface area contributed by atoms with Crippen LogP contribution in [0.4, 0.5) is 0 Å². The zero-order chi connectivity index (χ0) is 25.1. The van der Waals surface area contributed by atoms with Crippen molar-refractivity contribution >= 4 is 35.4 Å². The van der Waals surface area contributed by atoms with Crippen LogP contribution in [-0.4, -0.2) is 8.44 Å². The molecule has 3 rings (SSSR count). The van der Waals surface area contributed by atoms with Gasteiger partial charge >= 0.3 is 0 Å². The van der Waals surface area contributed by atoms with E-state index in [1.807, 2.05) is 0 Å². The summed E-state index contributed by atoms with van der Waals surface area (Å²) in [5.74, 6) is 0. The smallest absolute Gasteiger partial charge is 0.122 e. The third-order valence-electron chi connectivity index (χ3n) is 7.21. The molecule has 182 valence electrons. The fraction of sp³-hybridized carbons (Fsp3) is 0.406. The van der Waals surface area contributed by atoms with E-state index in [0.717, 1.165) is 18.4 Å². The Morgan fingerprint density at radius 3 is 2.15 bits per heavy atom. The Bertz CT molecular complexity index is 1100. The van der Waals surface area contributed by atoms with Gasteiger partial charge in [0, 0.05) is 11.0 Å². The minimum absolute atomic E-state index is 0.0209. The normalized spacial score (nSPS) is 19.8. The summed E-state index contributed by atoms with van der Waals surface area (Å²) in [4.78, 5) is 2.40. The van der Waals surface area contributed by atoms with E-state index in [-0.39, 0.29) is 31.6 Å². The average molecular weight is 679 g/mol. The largest absolute Gasteiger partial charge is 0.260 e. The maximum Gasteiger partial charge on any atom is 0.260 e. The van der Waals surface area contributed by atoms with E-state index < -0.39 is 0 Å². The lowest BCUT2D eigenvalue weighted by Gasteiger charge is -2.45. The average Bonchev–Trinajstić information content (AvgIpc) is 2.78. The monoisotopic (exact) mass is 679 g/mol. The van der Waals surface area contributed by atoms with Crippen molar-refractivity contribution in [2.75, 3.05) is 4.93 Å². The van der Waals surface area contributed by atoms with Crippen molar-refractivity contribution in [3.63, 3.8) is 0 Å². The second-order valence-corrected chi connectivity index (χ2v) is 15.1. The van der Waals surface area contributed by atoms with Gasteiger partial charge in [-0.1, -0.05) is 106 Å². The molecule has 0 N–H and O–H groups in total. The van der Waals surface area contributed by atoms with Gasteiger partial charge in [-0.15, -0.1) is 20.7 Å². The molecule has 0 aromatic heterocycles. The molecule has 1 atom stereocenters. The fourth-order valence-electron chi connectivity index (χ4n) is 5.28. The summed E-state index contributed by atoms with van der Waals surface area (Å²) >= 11 is 2.26. The summed E-state index contributed by atoms with van der Waals surface area (Å²) < 4.78 is 2.27. The summed E-state index contributed by atoms with van der Waals surface area (Å²) in [6.45, 7) is 18.1. The van der Waals surface area contributed by atoms with Crippen molar-refractivity contribution in [3.8, 4) is 0 Å². The number of hydrogen-bond donors (Lipinski definition) is 0. The van der Waals surface area contributed by atoms with Crippen molar-refractivity contribution in [2.24, 2.45) is 10.8 Å². The number of hydrogen-bond acceptors (Lipinski definition) is 0. The van der Waals surface area contributed by atoms with Gasteiger partial charge in [-0.25, -0.2) is 0 Å². The van der Waals surface area contributed by atoms with Crippen molar-refractivity contribution in [2.45, 2.75) is 64.7 Å². The van der Waals surface area contributed by atoms with E-state index >= 15 is 0 Å². The SMILES string of the molecule is C=C(C)c1ccc(C2=CCC(C)(C)/C(=C\CCC(=IC)c3ccc([C@H](C)[IH+])cc3)C2(C)C)cc1. The van der Waals surface area contributed by atoms with E-state index in [1.165, 1.54) is 34.2 Å². The summed E-state index contributed by atoms with van der Waals surface area (Å²) in [5.41, 5.74) is 9.84. The summed E-state index contributed by atoms with van der Waals surface area (Å²) in [6.07, 6.45) is 8.46. The highest BCUT2D eigenvalue weighted by Crippen LogP contribution is 2.54. The molecule has 0 fully saturated rings. The Balaban J connectivity index is 1.83. The van der Waals surface area contributed by atoms with Crippen LogP contribution in [0.2, 0.25) is 0 Å². The topological polar surface area (TPSA) is 0 Å². The molecule has 0 bridgehead atoms. The number of rotatable bonds is 7. The molecule has 0 radical (unpaired) electrons. The first-order chi connectivity index (χ1) is 16.0. The van der Waals surface area contributed by atoms with Gasteiger partial charge in [0.2, 0.25) is 0 Å². The minimum atomic E-state index is 0.0209. The molecule has 0 unspecified atom stereocenters. The lowest BCUT2D eigenvalue weighted by molar-refractivity contribution is -0.420. The molecule has 0 heterocycles. The number of allylic oxidation sites excluding steroid dienone is 5. The summed E-state index contributed by atoms with van der Waals surface area (Å²) in [7, 11) is 0. The summed E-state index contributed by atoms with van der Waals surface area (Å²) in [5, 5.41) is 0. The molecule has 2 heteroatoms. The Morgan fingerprint density at radius 2 is 1.62 bits per heavy atom. The highest BCUT2D eigenvalue weighted by molar-refractivity contribution is 14.2. The van der Waals surface area contributed by atoms with E-state index in [0.29, 0.717) is 3.92 Å². The molecule has 0 nitrogen and oxygen atoms in total. The Kier molecular flexibility index (Phi) is 9.22. The van der Waals surface area contributed by atoms with Gasteiger partial charge in [0.15, 0.2) is 3.92 Å². The van der Waals surface area contributed by atoms with Gasteiger partial charge < -0.3 is 0 Å². The molecule has 2 aromatic rings. The molecule has 0 spiro atoms. The van der Waals surface area contributed by atoms with Crippen LogP contribution >= 0.6 is 20.7 Å². The third kappa shape index (κ3) is 6.21. The predicted octanol–water partition coefficient (Wildman–Crippen LogP) is 6.43. The van der Waals surface area contributed by atoms with Crippen molar-refractivity contribution in [1.29, 1.82) is 0 Å². The quantitative estimate of drug-likeness (QED) is 0.180. The second-order valence-electron chi connectivity index (χ2n) is 10.7. The highest BCUT2D eigenvalue weighted by atomic mass is 127. The highest BCUT2D eigenvalue weighted by Gasteiger charge is 2.40. The Hall–Kier alpha value is -1.01. The fourth-order valence-corrected chi connectivity index (χ4v) is 7.57. The zero-order valence-corrected chi connectivity index (χ0v) is 26.5. The van der Waals surface area contributed by atoms with Gasteiger partial charge in [-0.05, 0) is 69.2 Å². The van der Waals surface area contributed by atoms with E-state index in [9.17, 15) is 0 Å². The molecule has 2 aromatic carbocycles. The van der Waals surface area contributed by atoms with Gasteiger partial charge in [-0.3, -0.25) is 0 Å². The van der Waals surface area contributed by atoms with Crippen LogP contribution < -0.4 is 22.6 Å². The lowest BCUT2D eigenvalue weighted by Crippen LogP contribution is -3.35.